The van der Waals surface area contributed by atoms with Gasteiger partial charge in [-0.3, -0.25) is 15.0 Å². The van der Waals surface area contributed by atoms with Crippen molar-refractivity contribution in [2.24, 2.45) is 15.0 Å². The summed E-state index contributed by atoms with van der Waals surface area (Å²) in [4.78, 5) is 13.2. The zero-order valence-corrected chi connectivity index (χ0v) is 26.8. The molecule has 0 bridgehead atoms. The molecule has 7 rings (SSSR count). The molecule has 3 aliphatic heterocycles. The maximum absolute atomic E-state index is 6.12. The minimum absolute atomic E-state index is 0.711. The van der Waals surface area contributed by atoms with E-state index in [1.807, 2.05) is 18.2 Å². The molecule has 1 aliphatic carbocycles. The van der Waals surface area contributed by atoms with Gasteiger partial charge in [0.1, 0.15) is 23.3 Å². The number of nitrogens with one attached hydrogen (secondary N) is 3. The Morgan fingerprint density at radius 3 is 1.77 bits per heavy atom. The van der Waals surface area contributed by atoms with Crippen LogP contribution >= 0.6 is 11.6 Å². The number of benzene rings is 3. The van der Waals surface area contributed by atoms with Gasteiger partial charge >= 0.3 is 0 Å². The summed E-state index contributed by atoms with van der Waals surface area (Å²) in [6, 6.07) is 23.1. The SMILES string of the molecule is CCc1ccccc1CC1=NCCN1.COc1cccc(Cl)c1CC1=NCCN1.c1ccc(C2CC2)c(CC2=NCCN2)c1. The fraction of sp³-hybridized carbons (Fsp3) is 0.417. The Hall–Kier alpha value is -3.84. The highest BCUT2D eigenvalue weighted by Gasteiger charge is 2.26. The molecular weight excluding hydrogens is 568 g/mol. The Balaban J connectivity index is 0.000000131. The number of nitrogens with zero attached hydrogens (tertiary/aromatic N) is 3. The van der Waals surface area contributed by atoms with Crippen LogP contribution in [0.15, 0.2) is 81.7 Å². The fourth-order valence-corrected chi connectivity index (χ4v) is 5.92. The number of ether oxygens (including phenoxy) is 1. The number of amidine groups is 3. The summed E-state index contributed by atoms with van der Waals surface area (Å²) in [7, 11) is 1.65. The van der Waals surface area contributed by atoms with Crippen molar-refractivity contribution in [2.45, 2.75) is 51.4 Å². The molecule has 0 atom stereocenters. The molecule has 232 valence electrons. The highest BCUT2D eigenvalue weighted by atomic mass is 35.5. The molecule has 3 heterocycles. The van der Waals surface area contributed by atoms with Crippen LogP contribution in [0.4, 0.5) is 0 Å². The highest BCUT2D eigenvalue weighted by molar-refractivity contribution is 6.31. The molecule has 0 amide bonds. The third kappa shape index (κ3) is 9.08. The lowest BCUT2D eigenvalue weighted by molar-refractivity contribution is 0.411. The second-order valence-electron chi connectivity index (χ2n) is 11.3. The summed E-state index contributed by atoms with van der Waals surface area (Å²) in [6.45, 7) is 7.86. The van der Waals surface area contributed by atoms with Crippen LogP contribution in [-0.2, 0) is 25.7 Å². The average molecular weight is 613 g/mol. The summed E-state index contributed by atoms with van der Waals surface area (Å²) >= 11 is 6.12. The van der Waals surface area contributed by atoms with E-state index >= 15 is 0 Å². The summed E-state index contributed by atoms with van der Waals surface area (Å²) in [6.07, 6.45) is 6.51. The first-order chi connectivity index (χ1) is 21.6. The number of hydrogen-bond donors (Lipinski definition) is 3. The van der Waals surface area contributed by atoms with Crippen molar-refractivity contribution in [3.8, 4) is 5.75 Å². The van der Waals surface area contributed by atoms with E-state index in [-0.39, 0.29) is 0 Å². The molecule has 3 aromatic carbocycles. The molecule has 4 aliphatic rings. The van der Waals surface area contributed by atoms with E-state index in [1.54, 1.807) is 12.7 Å². The van der Waals surface area contributed by atoms with Gasteiger partial charge in [0.25, 0.3) is 0 Å². The summed E-state index contributed by atoms with van der Waals surface area (Å²) < 4.78 is 5.27. The van der Waals surface area contributed by atoms with Crippen LogP contribution in [0.3, 0.4) is 0 Å². The molecule has 0 unspecified atom stereocenters. The van der Waals surface area contributed by atoms with Gasteiger partial charge in [-0.25, -0.2) is 0 Å². The average Bonchev–Trinajstić information content (AvgIpc) is 3.40. The molecule has 44 heavy (non-hydrogen) atoms. The Morgan fingerprint density at radius 1 is 0.682 bits per heavy atom. The van der Waals surface area contributed by atoms with Crippen LogP contribution < -0.4 is 20.7 Å². The van der Waals surface area contributed by atoms with Gasteiger partial charge in [-0.2, -0.15) is 0 Å². The fourth-order valence-electron chi connectivity index (χ4n) is 5.69. The third-order valence-corrected chi connectivity index (χ3v) is 8.51. The van der Waals surface area contributed by atoms with Crippen molar-refractivity contribution in [1.82, 2.24) is 16.0 Å². The van der Waals surface area contributed by atoms with E-state index < -0.39 is 0 Å². The number of aliphatic imine (C=N–C) groups is 3. The lowest BCUT2D eigenvalue weighted by Gasteiger charge is -2.10. The Morgan fingerprint density at radius 2 is 1.23 bits per heavy atom. The molecular formula is C36H45ClN6O. The van der Waals surface area contributed by atoms with Gasteiger partial charge in [0, 0.05) is 49.5 Å². The molecule has 0 radical (unpaired) electrons. The van der Waals surface area contributed by atoms with E-state index in [4.69, 9.17) is 16.3 Å². The van der Waals surface area contributed by atoms with E-state index in [9.17, 15) is 0 Å². The zero-order chi connectivity index (χ0) is 30.6. The summed E-state index contributed by atoms with van der Waals surface area (Å²) in [5.41, 5.74) is 6.85. The quantitative estimate of drug-likeness (QED) is 0.286. The zero-order valence-electron chi connectivity index (χ0n) is 26.0. The number of hydrogen-bond acceptors (Lipinski definition) is 7. The normalized spacial score (nSPS) is 16.6. The van der Waals surface area contributed by atoms with Crippen LogP contribution in [0.2, 0.25) is 5.02 Å². The van der Waals surface area contributed by atoms with Crippen LogP contribution in [-0.4, -0.2) is 63.9 Å². The van der Waals surface area contributed by atoms with E-state index in [0.717, 1.165) is 92.5 Å². The Kier molecular flexibility index (Phi) is 11.7. The first-order valence-corrected chi connectivity index (χ1v) is 16.3. The van der Waals surface area contributed by atoms with Gasteiger partial charge in [-0.15, -0.1) is 0 Å². The van der Waals surface area contributed by atoms with Gasteiger partial charge in [0.05, 0.1) is 26.7 Å². The van der Waals surface area contributed by atoms with Crippen LogP contribution in [0.1, 0.15) is 53.5 Å². The largest absolute Gasteiger partial charge is 0.496 e. The number of methoxy groups -OCH3 is 1. The molecule has 8 heteroatoms. The summed E-state index contributed by atoms with van der Waals surface area (Å²) in [5, 5.41) is 10.6. The second-order valence-corrected chi connectivity index (χ2v) is 11.7. The minimum Gasteiger partial charge on any atom is -0.496 e. The van der Waals surface area contributed by atoms with Crippen molar-refractivity contribution >= 4 is 29.1 Å². The molecule has 3 aromatic rings. The van der Waals surface area contributed by atoms with E-state index in [2.05, 4.69) is 86.4 Å². The van der Waals surface area contributed by atoms with E-state index in [0.29, 0.717) is 6.42 Å². The van der Waals surface area contributed by atoms with Crippen molar-refractivity contribution in [3.63, 3.8) is 0 Å². The topological polar surface area (TPSA) is 82.4 Å². The number of rotatable bonds is 9. The van der Waals surface area contributed by atoms with E-state index in [1.165, 1.54) is 35.4 Å². The van der Waals surface area contributed by atoms with Gasteiger partial charge in [0.15, 0.2) is 0 Å². The van der Waals surface area contributed by atoms with Crippen molar-refractivity contribution in [3.05, 3.63) is 99.6 Å². The summed E-state index contributed by atoms with van der Waals surface area (Å²) in [5.74, 6) is 4.96. The lowest BCUT2D eigenvalue weighted by Crippen LogP contribution is -2.21. The molecule has 1 fully saturated rings. The number of halogens is 1. The Labute approximate surface area is 267 Å². The monoisotopic (exact) mass is 612 g/mol. The molecule has 0 saturated heterocycles. The maximum atomic E-state index is 6.12. The Bertz CT molecular complexity index is 1480. The van der Waals surface area contributed by atoms with Gasteiger partial charge in [0.2, 0.25) is 0 Å². The molecule has 0 aromatic heterocycles. The van der Waals surface area contributed by atoms with Crippen LogP contribution in [0.25, 0.3) is 0 Å². The molecule has 1 saturated carbocycles. The predicted octanol–water partition coefficient (Wildman–Crippen LogP) is 5.79. The first-order valence-electron chi connectivity index (χ1n) is 15.9. The van der Waals surface area contributed by atoms with Crippen molar-refractivity contribution < 1.29 is 4.74 Å². The van der Waals surface area contributed by atoms with Crippen molar-refractivity contribution in [1.29, 1.82) is 0 Å². The van der Waals surface area contributed by atoms with Crippen LogP contribution in [0, 0.1) is 0 Å². The third-order valence-electron chi connectivity index (χ3n) is 8.16. The molecule has 3 N–H and O–H groups in total. The number of aryl methyl sites for hydroxylation is 1. The van der Waals surface area contributed by atoms with Crippen LogP contribution in [0.5, 0.6) is 5.75 Å². The highest BCUT2D eigenvalue weighted by Crippen LogP contribution is 2.41. The lowest BCUT2D eigenvalue weighted by atomic mass is 10.0. The maximum Gasteiger partial charge on any atom is 0.123 e. The predicted molar refractivity (Wildman–Crippen MR) is 184 cm³/mol. The molecule has 0 spiro atoms. The van der Waals surface area contributed by atoms with Gasteiger partial charge in [-0.1, -0.05) is 73.1 Å². The second kappa shape index (κ2) is 16.3. The minimum atomic E-state index is 0.711. The van der Waals surface area contributed by atoms with Gasteiger partial charge < -0.3 is 20.7 Å². The molecule has 7 nitrogen and oxygen atoms in total. The first kappa shape index (κ1) is 31.6. The smallest absolute Gasteiger partial charge is 0.123 e. The standard InChI is InChI=1S/C13H16N2.C12H16N2.C11H13ClN2O/c1-2-4-12(10-5-6-10)11(3-1)9-13-14-7-8-15-13;1-2-10-5-3-4-6-11(10)9-12-13-7-8-14-12;1-15-10-4-2-3-9(12)8(10)7-11-13-5-6-14-11/h1-4,10H,5-9H2,(H,14,15);3-6H,2,7-9H2,1H3,(H,13,14);2-4H,5-7H2,1H3,(H,13,14). The van der Waals surface area contributed by atoms with Crippen molar-refractivity contribution in [2.75, 3.05) is 46.4 Å². The van der Waals surface area contributed by atoms with Gasteiger partial charge in [-0.05, 0) is 59.6 Å².